The number of fused-ring (bicyclic) bond motifs is 1. The predicted molar refractivity (Wildman–Crippen MR) is 89.9 cm³/mol. The number of hydrogen-bond acceptors (Lipinski definition) is 5. The molecule has 0 saturated heterocycles. The molecular formula is C17H16N2O3S. The van der Waals surface area contributed by atoms with Gasteiger partial charge in [0.1, 0.15) is 16.2 Å². The molecule has 0 aliphatic heterocycles. The van der Waals surface area contributed by atoms with E-state index in [1.54, 1.807) is 24.3 Å². The van der Waals surface area contributed by atoms with Gasteiger partial charge >= 0.3 is 5.63 Å². The molecule has 0 fully saturated rings. The molecule has 1 aromatic carbocycles. The number of hydrogen-bond donors (Lipinski definition) is 1. The third kappa shape index (κ3) is 3.32. The van der Waals surface area contributed by atoms with E-state index in [9.17, 15) is 9.59 Å². The van der Waals surface area contributed by atoms with Crippen molar-refractivity contribution in [3.8, 4) is 0 Å². The summed E-state index contributed by atoms with van der Waals surface area (Å²) in [6.45, 7) is 4.43. The van der Waals surface area contributed by atoms with Crippen molar-refractivity contribution in [3.63, 3.8) is 0 Å². The molecule has 3 rings (SSSR count). The molecule has 0 radical (unpaired) electrons. The lowest BCUT2D eigenvalue weighted by Crippen LogP contribution is -2.27. The van der Waals surface area contributed by atoms with Crippen LogP contribution in [0.5, 0.6) is 0 Å². The lowest BCUT2D eigenvalue weighted by molar-refractivity contribution is 0.0947. The highest BCUT2D eigenvalue weighted by Gasteiger charge is 2.14. The SMILES string of the molecule is CC(C)c1csc(CNC(=O)c2cc3ccccc3oc2=O)n1. The van der Waals surface area contributed by atoms with Crippen molar-refractivity contribution in [1.29, 1.82) is 0 Å². The molecule has 0 atom stereocenters. The van der Waals surface area contributed by atoms with Gasteiger partial charge in [-0.1, -0.05) is 32.0 Å². The molecule has 23 heavy (non-hydrogen) atoms. The van der Waals surface area contributed by atoms with Crippen molar-refractivity contribution in [2.75, 3.05) is 0 Å². The van der Waals surface area contributed by atoms with E-state index >= 15 is 0 Å². The molecule has 118 valence electrons. The Hall–Kier alpha value is -2.47. The summed E-state index contributed by atoms with van der Waals surface area (Å²) in [5, 5.41) is 6.23. The Morgan fingerprint density at radius 3 is 2.87 bits per heavy atom. The second-order valence-electron chi connectivity index (χ2n) is 5.49. The van der Waals surface area contributed by atoms with Gasteiger partial charge in [-0.05, 0) is 18.1 Å². The van der Waals surface area contributed by atoms with Crippen LogP contribution in [0.4, 0.5) is 0 Å². The Morgan fingerprint density at radius 1 is 1.35 bits per heavy atom. The van der Waals surface area contributed by atoms with E-state index in [1.807, 2.05) is 11.4 Å². The van der Waals surface area contributed by atoms with Gasteiger partial charge in [0.15, 0.2) is 0 Å². The maximum Gasteiger partial charge on any atom is 0.349 e. The summed E-state index contributed by atoms with van der Waals surface area (Å²) in [6, 6.07) is 8.65. The third-order valence-electron chi connectivity index (χ3n) is 3.45. The molecule has 0 aliphatic carbocycles. The Labute approximate surface area is 137 Å². The average molecular weight is 328 g/mol. The van der Waals surface area contributed by atoms with Crippen LogP contribution >= 0.6 is 11.3 Å². The number of thiazole rings is 1. The summed E-state index contributed by atoms with van der Waals surface area (Å²) in [6.07, 6.45) is 0. The molecular weight excluding hydrogens is 312 g/mol. The Morgan fingerprint density at radius 2 is 2.13 bits per heavy atom. The van der Waals surface area contributed by atoms with Crippen LogP contribution in [-0.4, -0.2) is 10.9 Å². The minimum absolute atomic E-state index is 0.00402. The van der Waals surface area contributed by atoms with Crippen LogP contribution in [0.25, 0.3) is 11.0 Å². The first kappa shape index (κ1) is 15.4. The molecule has 0 bridgehead atoms. The van der Waals surface area contributed by atoms with E-state index in [0.29, 0.717) is 23.4 Å². The van der Waals surface area contributed by atoms with Crippen molar-refractivity contribution in [2.24, 2.45) is 0 Å². The number of rotatable bonds is 4. The van der Waals surface area contributed by atoms with Gasteiger partial charge in [0, 0.05) is 10.8 Å². The van der Waals surface area contributed by atoms with E-state index in [2.05, 4.69) is 24.1 Å². The van der Waals surface area contributed by atoms with Crippen molar-refractivity contribution < 1.29 is 9.21 Å². The molecule has 2 aromatic heterocycles. The summed E-state index contributed by atoms with van der Waals surface area (Å²) in [5.74, 6) is -0.103. The van der Waals surface area contributed by atoms with Gasteiger partial charge in [-0.25, -0.2) is 9.78 Å². The fraction of sp³-hybridized carbons (Fsp3) is 0.235. The van der Waals surface area contributed by atoms with Crippen LogP contribution in [0.1, 0.15) is 40.8 Å². The molecule has 0 saturated carbocycles. The molecule has 0 unspecified atom stereocenters. The summed E-state index contributed by atoms with van der Waals surface area (Å²) in [5.41, 5.74) is 0.840. The van der Waals surface area contributed by atoms with Crippen molar-refractivity contribution in [3.05, 3.63) is 62.4 Å². The molecule has 3 aromatic rings. The minimum Gasteiger partial charge on any atom is -0.422 e. The number of benzene rings is 1. The summed E-state index contributed by atoms with van der Waals surface area (Å²) in [4.78, 5) is 28.6. The number of carbonyl (C=O) groups is 1. The lowest BCUT2D eigenvalue weighted by Gasteiger charge is -2.03. The van der Waals surface area contributed by atoms with Gasteiger partial charge in [-0.15, -0.1) is 11.3 Å². The van der Waals surface area contributed by atoms with E-state index in [1.165, 1.54) is 11.3 Å². The van der Waals surface area contributed by atoms with Crippen LogP contribution in [0, 0.1) is 0 Å². The summed E-state index contributed by atoms with van der Waals surface area (Å²) >= 11 is 1.49. The number of amides is 1. The third-order valence-corrected chi connectivity index (χ3v) is 4.31. The zero-order chi connectivity index (χ0) is 16.4. The fourth-order valence-corrected chi connectivity index (χ4v) is 3.04. The van der Waals surface area contributed by atoms with Crippen LogP contribution in [0.2, 0.25) is 0 Å². The number of nitrogens with zero attached hydrogens (tertiary/aromatic N) is 1. The summed E-state index contributed by atoms with van der Waals surface area (Å²) in [7, 11) is 0. The van der Waals surface area contributed by atoms with Crippen molar-refractivity contribution in [1.82, 2.24) is 10.3 Å². The van der Waals surface area contributed by atoms with E-state index in [0.717, 1.165) is 10.7 Å². The Balaban J connectivity index is 1.77. The molecule has 2 heterocycles. The first-order valence-electron chi connectivity index (χ1n) is 7.30. The predicted octanol–water partition coefficient (Wildman–Crippen LogP) is 3.30. The Bertz CT molecular complexity index is 911. The Kier molecular flexibility index (Phi) is 4.25. The highest BCUT2D eigenvalue weighted by molar-refractivity contribution is 7.09. The van der Waals surface area contributed by atoms with Crippen LogP contribution in [-0.2, 0) is 6.54 Å². The quantitative estimate of drug-likeness (QED) is 0.746. The second kappa shape index (κ2) is 6.34. The molecule has 1 amide bonds. The average Bonchev–Trinajstić information content (AvgIpc) is 3.01. The molecule has 0 spiro atoms. The first-order chi connectivity index (χ1) is 11.0. The smallest absolute Gasteiger partial charge is 0.349 e. The van der Waals surface area contributed by atoms with E-state index in [4.69, 9.17) is 4.42 Å². The minimum atomic E-state index is -0.636. The standard InChI is InChI=1S/C17H16N2O3S/c1-10(2)13-9-23-15(19-13)8-18-16(20)12-7-11-5-3-4-6-14(11)22-17(12)21/h3-7,9-10H,8H2,1-2H3,(H,18,20). The molecule has 6 heteroatoms. The van der Waals surface area contributed by atoms with E-state index < -0.39 is 11.5 Å². The second-order valence-corrected chi connectivity index (χ2v) is 6.43. The fourth-order valence-electron chi connectivity index (χ4n) is 2.14. The number of aromatic nitrogens is 1. The van der Waals surface area contributed by atoms with Gasteiger partial charge < -0.3 is 9.73 Å². The topological polar surface area (TPSA) is 72.2 Å². The van der Waals surface area contributed by atoms with Gasteiger partial charge in [-0.3, -0.25) is 4.79 Å². The summed E-state index contributed by atoms with van der Waals surface area (Å²) < 4.78 is 5.17. The number of nitrogens with one attached hydrogen (secondary N) is 1. The van der Waals surface area contributed by atoms with E-state index in [-0.39, 0.29) is 5.56 Å². The van der Waals surface area contributed by atoms with Crippen molar-refractivity contribution >= 4 is 28.2 Å². The number of carbonyl (C=O) groups excluding carboxylic acids is 1. The number of para-hydroxylation sites is 1. The largest absolute Gasteiger partial charge is 0.422 e. The van der Waals surface area contributed by atoms with Crippen molar-refractivity contribution in [2.45, 2.75) is 26.3 Å². The zero-order valence-corrected chi connectivity index (χ0v) is 13.6. The van der Waals surface area contributed by atoms with Gasteiger partial charge in [-0.2, -0.15) is 0 Å². The lowest BCUT2D eigenvalue weighted by atomic mass is 10.2. The first-order valence-corrected chi connectivity index (χ1v) is 8.18. The molecule has 1 N–H and O–H groups in total. The molecule has 5 nitrogen and oxygen atoms in total. The highest BCUT2D eigenvalue weighted by atomic mass is 32.1. The van der Waals surface area contributed by atoms with Gasteiger partial charge in [0.25, 0.3) is 5.91 Å². The normalized spacial score (nSPS) is 11.1. The van der Waals surface area contributed by atoms with Crippen LogP contribution < -0.4 is 10.9 Å². The monoisotopic (exact) mass is 328 g/mol. The maximum atomic E-state index is 12.2. The molecule has 0 aliphatic rings. The van der Waals surface area contributed by atoms with Crippen LogP contribution in [0.15, 0.2) is 44.9 Å². The zero-order valence-electron chi connectivity index (χ0n) is 12.8. The van der Waals surface area contributed by atoms with Gasteiger partial charge in [0.2, 0.25) is 0 Å². The van der Waals surface area contributed by atoms with Crippen LogP contribution in [0.3, 0.4) is 0 Å². The maximum absolute atomic E-state index is 12.2. The highest BCUT2D eigenvalue weighted by Crippen LogP contribution is 2.17. The van der Waals surface area contributed by atoms with Gasteiger partial charge in [0.05, 0.1) is 12.2 Å².